The number of fused-ring (bicyclic) bond motifs is 15. The average molecular weight is 487 g/mol. The first-order chi connectivity index (χ1) is 18.9. The second-order valence-electron chi connectivity index (χ2n) is 23.4. The number of hydrogen-bond donors (Lipinski definition) is 0. The van der Waals surface area contributed by atoms with Crippen molar-refractivity contribution < 1.29 is 0 Å². The Morgan fingerprint density at radius 3 is 1.45 bits per heavy atom. The summed E-state index contributed by atoms with van der Waals surface area (Å²) < 4.78 is 0. The molecule has 24 rings (SSSR count). The second kappa shape index (κ2) is 2.31. The maximum atomic E-state index is 1.85. The van der Waals surface area contributed by atoms with Crippen molar-refractivity contribution in [2.24, 2.45) is 182 Å². The van der Waals surface area contributed by atoms with Gasteiger partial charge in [-0.25, -0.2) is 0 Å². The van der Waals surface area contributed by atoms with E-state index in [1.54, 1.807) is 32.1 Å². The third kappa shape index (κ3) is 0.358. The summed E-state index contributed by atoms with van der Waals surface area (Å²) in [4.78, 5) is 0. The van der Waals surface area contributed by atoms with E-state index >= 15 is 0 Å². The molecule has 182 valence electrons. The summed E-state index contributed by atoms with van der Waals surface area (Å²) in [5.41, 5.74) is 15.3. The molecule has 32 atom stereocenters. The summed E-state index contributed by atoms with van der Waals surface area (Å²) in [5, 5.41) is 0. The van der Waals surface area contributed by atoms with Gasteiger partial charge < -0.3 is 0 Å². The van der Waals surface area contributed by atoms with E-state index < -0.39 is 0 Å². The molecule has 0 saturated heterocycles. The Balaban J connectivity index is 0.949. The fourth-order valence-electron chi connectivity index (χ4n) is 37.0. The van der Waals surface area contributed by atoms with Gasteiger partial charge in [-0.1, -0.05) is 0 Å². The zero-order chi connectivity index (χ0) is 21.6. The monoisotopic (exact) mass is 486 g/mol. The van der Waals surface area contributed by atoms with Crippen molar-refractivity contribution in [3.8, 4) is 0 Å². The Hall–Kier alpha value is 0. The summed E-state index contributed by atoms with van der Waals surface area (Å²) in [5.74, 6) is 24.4. The third-order valence-electron chi connectivity index (χ3n) is 30.1. The number of hydrogen-bond acceptors (Lipinski definition) is 0. The number of rotatable bonds is 0. The first-order valence-electron chi connectivity index (χ1n) is 18.9. The highest BCUT2D eigenvalue weighted by Gasteiger charge is 3.53. The molecule has 24 aliphatic rings. The van der Waals surface area contributed by atoms with E-state index in [-0.39, 0.29) is 0 Å². The van der Waals surface area contributed by atoms with Gasteiger partial charge >= 0.3 is 0 Å². The lowest BCUT2D eigenvalue weighted by Gasteiger charge is -3.52. The predicted octanol–water partition coefficient (Wildman–Crippen LogP) is 4.55. The van der Waals surface area contributed by atoms with E-state index in [0.717, 1.165) is 75.8 Å². The van der Waals surface area contributed by atoms with Crippen LogP contribution in [0.2, 0.25) is 0 Å². The minimum absolute atomic E-state index is 1.03. The molecule has 0 heterocycles. The Morgan fingerprint density at radius 1 is 0.316 bits per heavy atom. The van der Waals surface area contributed by atoms with Crippen LogP contribution in [0.1, 0.15) is 38.5 Å². The predicted molar refractivity (Wildman–Crippen MR) is 125 cm³/mol. The first kappa shape index (κ1) is 14.0. The molecule has 24 fully saturated rings. The van der Waals surface area contributed by atoms with Gasteiger partial charge in [-0.2, -0.15) is 0 Å². The molecule has 32 unspecified atom stereocenters. The van der Waals surface area contributed by atoms with Crippen molar-refractivity contribution in [1.29, 1.82) is 0 Å². The third-order valence-corrected chi connectivity index (χ3v) is 30.1. The molecule has 0 aromatic heterocycles. The SMILES string of the molecule is C1C2CC34C1C1C5C6C7C8C9CC%10C%11CC%12C%13C%14C%15C%16C%17C%18CCC2C%183C%172C14C51C%162C%152C%143C%134C%11%12C%109C84C73C612. The molecular formula is C38H30. The molecule has 0 radical (unpaired) electrons. The van der Waals surface area contributed by atoms with Crippen molar-refractivity contribution >= 4 is 0 Å². The molecular weight excluding hydrogens is 456 g/mol. The van der Waals surface area contributed by atoms with Gasteiger partial charge in [0.1, 0.15) is 0 Å². The molecule has 38 heavy (non-hydrogen) atoms. The molecule has 0 aliphatic heterocycles. The second-order valence-corrected chi connectivity index (χ2v) is 23.4. The summed E-state index contributed by atoms with van der Waals surface area (Å²) in [6.45, 7) is 0. The van der Waals surface area contributed by atoms with Crippen LogP contribution in [0.5, 0.6) is 0 Å². The maximum absolute atomic E-state index is 1.85. The smallest absolute Gasteiger partial charge is 0.00502 e. The van der Waals surface area contributed by atoms with Crippen LogP contribution in [0, 0.1) is 182 Å². The van der Waals surface area contributed by atoms with E-state index in [1.165, 1.54) is 107 Å². The van der Waals surface area contributed by atoms with Crippen LogP contribution in [0.4, 0.5) is 0 Å². The van der Waals surface area contributed by atoms with Gasteiger partial charge in [0.15, 0.2) is 0 Å². The molecule has 0 amide bonds. The zero-order valence-electron chi connectivity index (χ0n) is 21.6. The van der Waals surface area contributed by atoms with Crippen LogP contribution < -0.4 is 0 Å². The van der Waals surface area contributed by atoms with Crippen molar-refractivity contribution in [3.05, 3.63) is 0 Å². The van der Waals surface area contributed by atoms with Crippen molar-refractivity contribution in [3.63, 3.8) is 0 Å². The summed E-state index contributed by atoms with van der Waals surface area (Å²) in [7, 11) is 0. The van der Waals surface area contributed by atoms with Gasteiger partial charge in [-0.05, 0) is 221 Å². The van der Waals surface area contributed by atoms with E-state index in [2.05, 4.69) is 0 Å². The fraction of sp³-hybridized carbons (Fsp3) is 1.00. The van der Waals surface area contributed by atoms with E-state index in [4.69, 9.17) is 0 Å². The molecule has 14 spiro atoms. The highest BCUT2D eigenvalue weighted by molar-refractivity contribution is 5.97. The Kier molecular flexibility index (Phi) is 0.851. The molecule has 0 aromatic rings. The summed E-state index contributed by atoms with van der Waals surface area (Å²) in [6.07, 6.45) is 10.7. The van der Waals surface area contributed by atoms with E-state index in [9.17, 15) is 0 Å². The Morgan fingerprint density at radius 2 is 0.789 bits per heavy atom. The van der Waals surface area contributed by atoms with Gasteiger partial charge in [0.05, 0.1) is 0 Å². The van der Waals surface area contributed by atoms with Crippen LogP contribution in [-0.4, -0.2) is 0 Å². The lowest BCUT2D eigenvalue weighted by molar-refractivity contribution is -1.07. The molecule has 0 aromatic carbocycles. The Bertz CT molecular complexity index is 2060. The minimum Gasteiger partial charge on any atom is -0.0493 e. The minimum atomic E-state index is 1.03. The Labute approximate surface area is 220 Å². The van der Waals surface area contributed by atoms with E-state index in [1.807, 2.05) is 6.42 Å². The van der Waals surface area contributed by atoms with Crippen LogP contribution in [0.25, 0.3) is 0 Å². The maximum Gasteiger partial charge on any atom is -0.00502 e. The molecule has 24 aliphatic carbocycles. The zero-order valence-corrected chi connectivity index (χ0v) is 21.6. The molecule has 0 heteroatoms. The van der Waals surface area contributed by atoms with Crippen molar-refractivity contribution in [2.75, 3.05) is 0 Å². The summed E-state index contributed by atoms with van der Waals surface area (Å²) in [6, 6.07) is 0. The summed E-state index contributed by atoms with van der Waals surface area (Å²) >= 11 is 0. The van der Waals surface area contributed by atoms with Crippen molar-refractivity contribution in [1.82, 2.24) is 0 Å². The van der Waals surface area contributed by atoms with Crippen LogP contribution in [-0.2, 0) is 0 Å². The lowest BCUT2D eigenvalue weighted by Crippen LogP contribution is -3.50. The van der Waals surface area contributed by atoms with Gasteiger partial charge in [0, 0.05) is 0 Å². The van der Waals surface area contributed by atoms with Crippen LogP contribution in [0.15, 0.2) is 0 Å². The topological polar surface area (TPSA) is 0 Å². The standard InChI is InChI=1S/C38H30/c1-2-9-15-19-23-21-17-13-5-11-10-4-14-18-22-24-20-16-12-3-7-6-25(12)26(9,8(1)7)30(15)29(16,25)33(20)34(19,30)38(23)36(21)32(17)28(11,13)27(10,14)31(18,32)35(22,36)37(24,33)38/h7-24H,1-6H2. The van der Waals surface area contributed by atoms with E-state index in [0.29, 0.717) is 0 Å². The first-order valence-corrected chi connectivity index (χ1v) is 18.9. The molecule has 2 bridgehead atoms. The van der Waals surface area contributed by atoms with Crippen molar-refractivity contribution in [2.45, 2.75) is 38.5 Å². The van der Waals surface area contributed by atoms with Crippen LogP contribution >= 0.6 is 0 Å². The average Bonchev–Trinajstić information content (AvgIpc) is 3.43. The van der Waals surface area contributed by atoms with Gasteiger partial charge in [-0.15, -0.1) is 0 Å². The fourth-order valence-corrected chi connectivity index (χ4v) is 37.0. The molecule has 0 N–H and O–H groups in total. The van der Waals surface area contributed by atoms with Gasteiger partial charge in [0.2, 0.25) is 0 Å². The largest absolute Gasteiger partial charge is 0.0493 e. The highest BCUT2D eigenvalue weighted by Crippen LogP contribution is 3.54. The quantitative estimate of drug-likeness (QED) is 0.471. The van der Waals surface area contributed by atoms with Gasteiger partial charge in [-0.3, -0.25) is 0 Å². The molecule has 24 saturated carbocycles. The lowest BCUT2D eigenvalue weighted by atomic mass is 8.51. The highest BCUT2D eigenvalue weighted by atomic mass is 15.5. The normalized spacial score (nSPS) is 126. The molecule has 0 nitrogen and oxygen atoms in total. The van der Waals surface area contributed by atoms with Gasteiger partial charge in [0.25, 0.3) is 0 Å². The van der Waals surface area contributed by atoms with Crippen LogP contribution in [0.3, 0.4) is 0 Å².